The van der Waals surface area contributed by atoms with E-state index in [9.17, 15) is 20.6 Å². The third-order valence-electron chi connectivity index (χ3n) is 4.32. The normalized spacial score (nSPS) is 10.4. The van der Waals surface area contributed by atoms with Crippen molar-refractivity contribution in [3.05, 3.63) is 62.6 Å². The van der Waals surface area contributed by atoms with E-state index in [1.807, 2.05) is 26.0 Å². The number of nitrogens with zero attached hydrogens (tertiary/aromatic N) is 6. The fourth-order valence-electron chi connectivity index (χ4n) is 3.03. The van der Waals surface area contributed by atoms with Crippen LogP contribution in [0.3, 0.4) is 0 Å². The number of rotatable bonds is 6. The zero-order valence-electron chi connectivity index (χ0n) is 15.4. The standard InChI is InChI=1S/C19H17N7O2/c1-12-8-13(2)25-19(23-12)16(11-21)18(24-25)4-3-7-22-17-6-5-15(26(27)28)9-14(17)10-20/h5-6,8-9,22H,3-4,7H2,1-2H3. The molecule has 0 radical (unpaired) electrons. The second-order valence-corrected chi connectivity index (χ2v) is 6.34. The van der Waals surface area contributed by atoms with Gasteiger partial charge in [0.2, 0.25) is 0 Å². The van der Waals surface area contributed by atoms with Crippen LogP contribution in [0.1, 0.15) is 34.6 Å². The molecule has 0 fully saturated rings. The molecule has 0 aliphatic heterocycles. The molecular formula is C19H17N7O2. The second-order valence-electron chi connectivity index (χ2n) is 6.34. The first-order valence-electron chi connectivity index (χ1n) is 8.63. The highest BCUT2D eigenvalue weighted by molar-refractivity contribution is 5.61. The van der Waals surface area contributed by atoms with Crippen LogP contribution in [-0.4, -0.2) is 26.1 Å². The quantitative estimate of drug-likeness (QED) is 0.397. The number of benzene rings is 1. The number of nitriles is 2. The molecule has 9 heteroatoms. The smallest absolute Gasteiger partial charge is 0.270 e. The van der Waals surface area contributed by atoms with Crippen molar-refractivity contribution in [2.24, 2.45) is 0 Å². The van der Waals surface area contributed by atoms with Crippen molar-refractivity contribution in [2.75, 3.05) is 11.9 Å². The Bertz CT molecular complexity index is 1150. The summed E-state index contributed by atoms with van der Waals surface area (Å²) in [6.07, 6.45) is 1.23. The number of non-ortho nitro benzene ring substituents is 1. The molecule has 1 N–H and O–H groups in total. The summed E-state index contributed by atoms with van der Waals surface area (Å²) in [5.41, 5.74) is 4.08. The van der Waals surface area contributed by atoms with E-state index in [4.69, 9.17) is 0 Å². The molecule has 0 bridgehead atoms. The van der Waals surface area contributed by atoms with Crippen LogP contribution in [-0.2, 0) is 6.42 Å². The molecule has 0 saturated carbocycles. The van der Waals surface area contributed by atoms with Gasteiger partial charge in [-0.25, -0.2) is 9.50 Å². The van der Waals surface area contributed by atoms with Gasteiger partial charge in [0.15, 0.2) is 5.65 Å². The van der Waals surface area contributed by atoms with Crippen LogP contribution < -0.4 is 5.32 Å². The number of hydrogen-bond donors (Lipinski definition) is 1. The van der Waals surface area contributed by atoms with E-state index in [1.54, 1.807) is 4.52 Å². The zero-order chi connectivity index (χ0) is 20.3. The lowest BCUT2D eigenvalue weighted by Crippen LogP contribution is -2.05. The highest BCUT2D eigenvalue weighted by Gasteiger charge is 2.15. The Hall–Kier alpha value is -3.98. The number of fused-ring (bicyclic) bond motifs is 1. The van der Waals surface area contributed by atoms with Gasteiger partial charge in [-0.15, -0.1) is 0 Å². The van der Waals surface area contributed by atoms with Crippen molar-refractivity contribution in [2.45, 2.75) is 26.7 Å². The Labute approximate surface area is 161 Å². The van der Waals surface area contributed by atoms with Crippen molar-refractivity contribution < 1.29 is 4.92 Å². The van der Waals surface area contributed by atoms with Crippen molar-refractivity contribution >= 4 is 17.0 Å². The molecule has 2 aromatic heterocycles. The molecule has 2 heterocycles. The fraction of sp³-hybridized carbons (Fsp3) is 0.263. The van der Waals surface area contributed by atoms with Crippen molar-refractivity contribution in [3.8, 4) is 12.1 Å². The number of nitrogens with one attached hydrogen (secondary N) is 1. The summed E-state index contributed by atoms with van der Waals surface area (Å²) in [5.74, 6) is 0. The van der Waals surface area contributed by atoms with E-state index >= 15 is 0 Å². The van der Waals surface area contributed by atoms with E-state index in [0.29, 0.717) is 42.0 Å². The first-order chi connectivity index (χ1) is 13.4. The van der Waals surface area contributed by atoms with Crippen LogP contribution in [0.5, 0.6) is 0 Å². The predicted molar refractivity (Wildman–Crippen MR) is 102 cm³/mol. The van der Waals surface area contributed by atoms with Crippen molar-refractivity contribution in [1.82, 2.24) is 14.6 Å². The average Bonchev–Trinajstić information content (AvgIpc) is 3.02. The van der Waals surface area contributed by atoms with Crippen molar-refractivity contribution in [3.63, 3.8) is 0 Å². The highest BCUT2D eigenvalue weighted by atomic mass is 16.6. The summed E-state index contributed by atoms with van der Waals surface area (Å²) in [5, 5.41) is 37.1. The summed E-state index contributed by atoms with van der Waals surface area (Å²) in [4.78, 5) is 14.7. The molecular weight excluding hydrogens is 358 g/mol. The second kappa shape index (κ2) is 7.72. The minimum Gasteiger partial charge on any atom is -0.384 e. The van der Waals surface area contributed by atoms with Gasteiger partial charge in [-0.3, -0.25) is 10.1 Å². The van der Waals surface area contributed by atoms with Crippen LogP contribution in [0.2, 0.25) is 0 Å². The van der Waals surface area contributed by atoms with Gasteiger partial charge in [0.25, 0.3) is 5.69 Å². The van der Waals surface area contributed by atoms with Gasteiger partial charge in [-0.05, 0) is 38.8 Å². The SMILES string of the molecule is Cc1cc(C)n2nc(CCCNc3ccc([N+](=O)[O-])cc3C#N)c(C#N)c2n1. The highest BCUT2D eigenvalue weighted by Crippen LogP contribution is 2.22. The summed E-state index contributed by atoms with van der Waals surface area (Å²) in [7, 11) is 0. The van der Waals surface area contributed by atoms with Gasteiger partial charge in [-0.2, -0.15) is 15.6 Å². The third kappa shape index (κ3) is 3.60. The summed E-state index contributed by atoms with van der Waals surface area (Å²) < 4.78 is 1.68. The summed E-state index contributed by atoms with van der Waals surface area (Å²) in [6.45, 7) is 4.32. The molecule has 0 spiro atoms. The van der Waals surface area contributed by atoms with Gasteiger partial charge in [0, 0.05) is 30.1 Å². The number of aryl methyl sites for hydroxylation is 3. The number of anilines is 1. The fourth-order valence-corrected chi connectivity index (χ4v) is 3.03. The lowest BCUT2D eigenvalue weighted by Gasteiger charge is -2.07. The van der Waals surface area contributed by atoms with Crippen LogP contribution in [0, 0.1) is 46.6 Å². The zero-order valence-corrected chi connectivity index (χ0v) is 15.4. The number of hydrogen-bond acceptors (Lipinski definition) is 7. The number of aromatic nitrogens is 3. The van der Waals surface area contributed by atoms with Crippen LogP contribution in [0.15, 0.2) is 24.3 Å². The van der Waals surface area contributed by atoms with E-state index < -0.39 is 4.92 Å². The first-order valence-corrected chi connectivity index (χ1v) is 8.63. The minimum absolute atomic E-state index is 0.122. The molecule has 0 aliphatic carbocycles. The van der Waals surface area contributed by atoms with Gasteiger partial charge < -0.3 is 5.32 Å². The molecule has 140 valence electrons. The molecule has 0 saturated heterocycles. The number of nitro groups is 1. The van der Waals surface area contributed by atoms with Gasteiger partial charge in [-0.1, -0.05) is 0 Å². The molecule has 3 aromatic rings. The molecule has 1 aromatic carbocycles. The largest absolute Gasteiger partial charge is 0.384 e. The Morgan fingerprint density at radius 1 is 1.25 bits per heavy atom. The Balaban J connectivity index is 1.71. The van der Waals surface area contributed by atoms with E-state index in [-0.39, 0.29) is 11.3 Å². The minimum atomic E-state index is -0.533. The molecule has 9 nitrogen and oxygen atoms in total. The molecule has 0 aliphatic rings. The lowest BCUT2D eigenvalue weighted by atomic mass is 10.1. The van der Waals surface area contributed by atoms with Gasteiger partial charge in [0.1, 0.15) is 17.7 Å². The van der Waals surface area contributed by atoms with E-state index in [0.717, 1.165) is 11.4 Å². The molecule has 0 amide bonds. The van der Waals surface area contributed by atoms with Gasteiger partial charge in [0.05, 0.1) is 21.9 Å². The van der Waals surface area contributed by atoms with Crippen LogP contribution in [0.4, 0.5) is 11.4 Å². The molecule has 0 atom stereocenters. The lowest BCUT2D eigenvalue weighted by molar-refractivity contribution is -0.384. The summed E-state index contributed by atoms with van der Waals surface area (Å²) >= 11 is 0. The Morgan fingerprint density at radius 3 is 2.71 bits per heavy atom. The monoisotopic (exact) mass is 375 g/mol. The molecule has 0 unspecified atom stereocenters. The first kappa shape index (κ1) is 18.8. The number of nitro benzene ring substituents is 1. The van der Waals surface area contributed by atoms with Gasteiger partial charge >= 0.3 is 0 Å². The average molecular weight is 375 g/mol. The maximum atomic E-state index is 10.8. The topological polar surface area (TPSA) is 133 Å². The van der Waals surface area contributed by atoms with Crippen LogP contribution >= 0.6 is 0 Å². The van der Waals surface area contributed by atoms with Crippen molar-refractivity contribution in [1.29, 1.82) is 10.5 Å². The van der Waals surface area contributed by atoms with Crippen LogP contribution in [0.25, 0.3) is 5.65 Å². The predicted octanol–water partition coefficient (Wildman–Crippen LogP) is 3.04. The Kier molecular flexibility index (Phi) is 5.18. The summed E-state index contributed by atoms with van der Waals surface area (Å²) in [6, 6.07) is 10.2. The molecule has 3 rings (SSSR count). The maximum Gasteiger partial charge on any atom is 0.270 e. The van der Waals surface area contributed by atoms with E-state index in [1.165, 1.54) is 18.2 Å². The Morgan fingerprint density at radius 2 is 2.04 bits per heavy atom. The van der Waals surface area contributed by atoms with E-state index in [2.05, 4.69) is 21.5 Å². The molecule has 28 heavy (non-hydrogen) atoms. The third-order valence-corrected chi connectivity index (χ3v) is 4.32. The maximum absolute atomic E-state index is 10.8.